The molecule has 0 aliphatic carbocycles. The number of halogens is 1. The van der Waals surface area contributed by atoms with Crippen LogP contribution >= 0.6 is 11.6 Å². The van der Waals surface area contributed by atoms with E-state index in [0.29, 0.717) is 17.3 Å². The number of sulfone groups is 1. The average molecular weight is 417 g/mol. The Kier molecular flexibility index (Phi) is 5.27. The summed E-state index contributed by atoms with van der Waals surface area (Å²) in [5.41, 5.74) is 3.37. The van der Waals surface area contributed by atoms with Crippen molar-refractivity contribution in [2.75, 3.05) is 26.0 Å². The highest BCUT2D eigenvalue weighted by molar-refractivity contribution is 7.90. The van der Waals surface area contributed by atoms with Crippen LogP contribution in [0.2, 0.25) is 5.02 Å². The standard InChI is InChI=1S/C21H21ClN2O3S/c1-28(25,26)19-5-3-18(4-6-19)27-11-10-24-9-8-21-16(14-24)12-15-13-17(22)2-7-20(15)23-21/h2-7,12-13H,8-11,14H2,1H3. The van der Waals surface area contributed by atoms with Gasteiger partial charge in [-0.2, -0.15) is 0 Å². The number of fused-ring (bicyclic) bond motifs is 2. The molecule has 5 nitrogen and oxygen atoms in total. The minimum absolute atomic E-state index is 0.298. The van der Waals surface area contributed by atoms with Crippen LogP contribution in [0.3, 0.4) is 0 Å². The third-order valence-electron chi connectivity index (χ3n) is 4.93. The molecular weight excluding hydrogens is 396 g/mol. The molecular formula is C21H21ClN2O3S. The summed E-state index contributed by atoms with van der Waals surface area (Å²) in [6.07, 6.45) is 2.11. The van der Waals surface area contributed by atoms with Crippen molar-refractivity contribution < 1.29 is 13.2 Å². The van der Waals surface area contributed by atoms with E-state index in [9.17, 15) is 8.42 Å². The molecule has 0 spiro atoms. The topological polar surface area (TPSA) is 59.5 Å². The fourth-order valence-corrected chi connectivity index (χ4v) is 4.25. The minimum atomic E-state index is -3.18. The number of benzene rings is 2. The lowest BCUT2D eigenvalue weighted by atomic mass is 10.0. The number of nitrogens with zero attached hydrogens (tertiary/aromatic N) is 2. The Morgan fingerprint density at radius 1 is 1.14 bits per heavy atom. The quantitative estimate of drug-likeness (QED) is 0.634. The zero-order chi connectivity index (χ0) is 19.7. The summed E-state index contributed by atoms with van der Waals surface area (Å²) in [7, 11) is -3.18. The lowest BCUT2D eigenvalue weighted by molar-refractivity contribution is 0.195. The Bertz CT molecular complexity index is 1110. The van der Waals surface area contributed by atoms with Gasteiger partial charge in [-0.05, 0) is 54.1 Å². The maximum Gasteiger partial charge on any atom is 0.175 e. The fourth-order valence-electron chi connectivity index (χ4n) is 3.43. The molecule has 2 heterocycles. The van der Waals surface area contributed by atoms with E-state index in [2.05, 4.69) is 11.0 Å². The monoisotopic (exact) mass is 416 g/mol. The van der Waals surface area contributed by atoms with E-state index >= 15 is 0 Å². The lowest BCUT2D eigenvalue weighted by Gasteiger charge is -2.28. The van der Waals surface area contributed by atoms with Crippen LogP contribution in [0.25, 0.3) is 10.9 Å². The molecule has 1 aliphatic rings. The molecule has 3 aromatic rings. The molecule has 4 rings (SSSR count). The molecule has 0 saturated carbocycles. The van der Waals surface area contributed by atoms with Crippen LogP contribution < -0.4 is 4.74 Å². The summed E-state index contributed by atoms with van der Waals surface area (Å²) in [5.74, 6) is 0.673. The fraction of sp³-hybridized carbons (Fsp3) is 0.286. The number of ether oxygens (including phenoxy) is 1. The summed E-state index contributed by atoms with van der Waals surface area (Å²) in [5, 5.41) is 1.78. The molecule has 0 atom stereocenters. The average Bonchev–Trinajstić information content (AvgIpc) is 2.66. The zero-order valence-corrected chi connectivity index (χ0v) is 17.1. The van der Waals surface area contributed by atoms with E-state index in [1.165, 1.54) is 11.8 Å². The molecule has 0 amide bonds. The highest BCUT2D eigenvalue weighted by Gasteiger charge is 2.18. The SMILES string of the molecule is CS(=O)(=O)c1ccc(OCCN2CCc3nc4ccc(Cl)cc4cc3C2)cc1. The number of hydrogen-bond acceptors (Lipinski definition) is 5. The third kappa shape index (κ3) is 4.29. The first-order chi connectivity index (χ1) is 13.4. The van der Waals surface area contributed by atoms with Crippen LogP contribution in [0.5, 0.6) is 5.75 Å². The Hall–Kier alpha value is -2.15. The second-order valence-electron chi connectivity index (χ2n) is 7.05. The maximum atomic E-state index is 11.5. The summed E-state index contributed by atoms with van der Waals surface area (Å²) < 4.78 is 28.8. The van der Waals surface area contributed by atoms with E-state index in [1.54, 1.807) is 24.3 Å². The van der Waals surface area contributed by atoms with Crippen LogP contribution in [0.1, 0.15) is 11.3 Å². The summed E-state index contributed by atoms with van der Waals surface area (Å²) in [6.45, 7) is 3.11. The first kappa shape index (κ1) is 19.2. The maximum absolute atomic E-state index is 11.5. The molecule has 0 bridgehead atoms. The van der Waals surface area contributed by atoms with Crippen LogP contribution in [0, 0.1) is 0 Å². The van der Waals surface area contributed by atoms with Crippen molar-refractivity contribution in [1.29, 1.82) is 0 Å². The van der Waals surface area contributed by atoms with Gasteiger partial charge in [-0.25, -0.2) is 8.42 Å². The van der Waals surface area contributed by atoms with Crippen LogP contribution in [-0.2, 0) is 22.8 Å². The first-order valence-corrected chi connectivity index (χ1v) is 11.4. The Balaban J connectivity index is 1.37. The largest absolute Gasteiger partial charge is 0.492 e. The van der Waals surface area contributed by atoms with Crippen molar-refractivity contribution in [3.63, 3.8) is 0 Å². The molecule has 1 aliphatic heterocycles. The molecule has 2 aromatic carbocycles. The highest BCUT2D eigenvalue weighted by Crippen LogP contribution is 2.24. The molecule has 0 fully saturated rings. The smallest absolute Gasteiger partial charge is 0.175 e. The van der Waals surface area contributed by atoms with Gasteiger partial charge in [0.05, 0.1) is 10.4 Å². The van der Waals surface area contributed by atoms with Gasteiger partial charge in [-0.15, -0.1) is 0 Å². The summed E-state index contributed by atoms with van der Waals surface area (Å²) in [4.78, 5) is 7.42. The van der Waals surface area contributed by atoms with Crippen molar-refractivity contribution in [2.24, 2.45) is 0 Å². The van der Waals surface area contributed by atoms with Crippen molar-refractivity contribution in [2.45, 2.75) is 17.9 Å². The molecule has 1 aromatic heterocycles. The van der Waals surface area contributed by atoms with Crippen LogP contribution in [0.15, 0.2) is 53.4 Å². The number of aromatic nitrogens is 1. The number of rotatable bonds is 5. The molecule has 0 unspecified atom stereocenters. The minimum Gasteiger partial charge on any atom is -0.492 e. The summed E-state index contributed by atoms with van der Waals surface area (Å²) in [6, 6.07) is 14.5. The van der Waals surface area contributed by atoms with E-state index in [1.807, 2.05) is 18.2 Å². The highest BCUT2D eigenvalue weighted by atomic mass is 35.5. The number of hydrogen-bond donors (Lipinski definition) is 0. The van der Waals surface area contributed by atoms with Gasteiger partial charge in [-0.3, -0.25) is 9.88 Å². The Morgan fingerprint density at radius 2 is 1.93 bits per heavy atom. The van der Waals surface area contributed by atoms with Crippen LogP contribution in [0.4, 0.5) is 0 Å². The predicted octanol–water partition coefficient (Wildman–Crippen LogP) is 3.73. The zero-order valence-electron chi connectivity index (χ0n) is 15.6. The van der Waals surface area contributed by atoms with Crippen molar-refractivity contribution >= 4 is 32.3 Å². The van der Waals surface area contributed by atoms with E-state index < -0.39 is 9.84 Å². The number of pyridine rings is 1. The molecule has 0 radical (unpaired) electrons. The lowest BCUT2D eigenvalue weighted by Crippen LogP contribution is -2.34. The van der Waals surface area contributed by atoms with Gasteiger partial charge < -0.3 is 4.74 Å². The van der Waals surface area contributed by atoms with E-state index in [4.69, 9.17) is 21.3 Å². The molecule has 7 heteroatoms. The first-order valence-electron chi connectivity index (χ1n) is 9.12. The van der Waals surface area contributed by atoms with Crippen LogP contribution in [-0.4, -0.2) is 44.3 Å². The third-order valence-corrected chi connectivity index (χ3v) is 6.30. The Morgan fingerprint density at radius 3 is 2.68 bits per heavy atom. The van der Waals surface area contributed by atoms with Crippen molar-refractivity contribution in [3.05, 3.63) is 64.8 Å². The van der Waals surface area contributed by atoms with Gasteiger partial charge in [0, 0.05) is 48.4 Å². The predicted molar refractivity (Wildman–Crippen MR) is 111 cm³/mol. The van der Waals surface area contributed by atoms with Gasteiger partial charge in [0.2, 0.25) is 0 Å². The molecule has 146 valence electrons. The van der Waals surface area contributed by atoms with Gasteiger partial charge in [0.25, 0.3) is 0 Å². The molecule has 0 saturated heterocycles. The van der Waals surface area contributed by atoms with E-state index in [0.717, 1.165) is 47.7 Å². The molecule has 28 heavy (non-hydrogen) atoms. The second kappa shape index (κ2) is 7.70. The Labute approximate surface area is 169 Å². The molecule has 0 N–H and O–H groups in total. The normalized spacial score (nSPS) is 14.8. The van der Waals surface area contributed by atoms with Gasteiger partial charge in [-0.1, -0.05) is 11.6 Å². The van der Waals surface area contributed by atoms with Crippen molar-refractivity contribution in [3.8, 4) is 5.75 Å². The van der Waals surface area contributed by atoms with Gasteiger partial charge in [0.15, 0.2) is 9.84 Å². The van der Waals surface area contributed by atoms with Crippen molar-refractivity contribution in [1.82, 2.24) is 9.88 Å². The van der Waals surface area contributed by atoms with Gasteiger partial charge >= 0.3 is 0 Å². The summed E-state index contributed by atoms with van der Waals surface area (Å²) >= 11 is 6.10. The van der Waals surface area contributed by atoms with Gasteiger partial charge in [0.1, 0.15) is 12.4 Å². The van der Waals surface area contributed by atoms with E-state index in [-0.39, 0.29) is 0 Å². The second-order valence-corrected chi connectivity index (χ2v) is 9.50.